The maximum atomic E-state index is 12.2. The van der Waals surface area contributed by atoms with E-state index in [0.29, 0.717) is 17.2 Å². The van der Waals surface area contributed by atoms with Gasteiger partial charge in [0, 0.05) is 17.2 Å². The zero-order chi connectivity index (χ0) is 15.3. The normalized spacial score (nSPS) is 11.5. The predicted octanol–water partition coefficient (Wildman–Crippen LogP) is 3.02. The Morgan fingerprint density at radius 2 is 1.81 bits per heavy atom. The minimum atomic E-state index is -3.23. The van der Waals surface area contributed by atoms with Crippen molar-refractivity contribution in [3.05, 3.63) is 59.7 Å². The van der Waals surface area contributed by atoms with Crippen molar-refractivity contribution in [3.63, 3.8) is 0 Å². The van der Waals surface area contributed by atoms with Gasteiger partial charge in [0.2, 0.25) is 0 Å². The molecule has 21 heavy (non-hydrogen) atoms. The summed E-state index contributed by atoms with van der Waals surface area (Å²) in [6.07, 6.45) is 0. The van der Waals surface area contributed by atoms with Gasteiger partial charge >= 0.3 is 0 Å². The SMILES string of the molecule is Cc1cccc(SCCS(=O)(=O)c2ccc(CN)cc2)c1. The molecule has 5 heteroatoms. The highest BCUT2D eigenvalue weighted by Gasteiger charge is 2.14. The molecule has 0 atom stereocenters. The average molecular weight is 321 g/mol. The Hall–Kier alpha value is -1.30. The number of sulfone groups is 1. The Bertz CT molecular complexity index is 694. The molecule has 0 heterocycles. The van der Waals surface area contributed by atoms with Gasteiger partial charge in [-0.1, -0.05) is 29.8 Å². The van der Waals surface area contributed by atoms with Gasteiger partial charge in [-0.3, -0.25) is 0 Å². The van der Waals surface area contributed by atoms with E-state index in [-0.39, 0.29) is 5.75 Å². The summed E-state index contributed by atoms with van der Waals surface area (Å²) in [5.41, 5.74) is 7.63. The molecule has 2 rings (SSSR count). The number of aryl methyl sites for hydroxylation is 1. The maximum absolute atomic E-state index is 12.2. The molecule has 3 nitrogen and oxygen atoms in total. The summed E-state index contributed by atoms with van der Waals surface area (Å²) < 4.78 is 24.5. The second-order valence-electron chi connectivity index (χ2n) is 4.83. The molecule has 0 amide bonds. The molecule has 0 radical (unpaired) electrons. The number of hydrogen-bond donors (Lipinski definition) is 1. The molecule has 0 aromatic heterocycles. The van der Waals surface area contributed by atoms with E-state index in [1.165, 1.54) is 5.56 Å². The molecular formula is C16H19NO2S2. The first-order valence-corrected chi connectivity index (χ1v) is 9.36. The van der Waals surface area contributed by atoms with E-state index < -0.39 is 9.84 Å². The van der Waals surface area contributed by atoms with Crippen LogP contribution in [0.5, 0.6) is 0 Å². The Kier molecular flexibility index (Phi) is 5.45. The average Bonchev–Trinajstić information content (AvgIpc) is 2.47. The summed E-state index contributed by atoms with van der Waals surface area (Å²) in [5.74, 6) is 0.679. The van der Waals surface area contributed by atoms with E-state index in [1.54, 1.807) is 36.0 Å². The first-order chi connectivity index (χ1) is 10.0. The van der Waals surface area contributed by atoms with E-state index in [1.807, 2.05) is 25.1 Å². The summed E-state index contributed by atoms with van der Waals surface area (Å²) in [7, 11) is -3.23. The van der Waals surface area contributed by atoms with Crippen molar-refractivity contribution in [1.82, 2.24) is 0 Å². The minimum absolute atomic E-state index is 0.133. The molecule has 0 aliphatic heterocycles. The van der Waals surface area contributed by atoms with Crippen LogP contribution in [0.2, 0.25) is 0 Å². The van der Waals surface area contributed by atoms with Crippen molar-refractivity contribution >= 4 is 21.6 Å². The summed E-state index contributed by atoms with van der Waals surface area (Å²) >= 11 is 1.56. The Balaban J connectivity index is 1.97. The molecule has 112 valence electrons. The molecular weight excluding hydrogens is 302 g/mol. The molecule has 0 saturated carbocycles. The number of rotatable bonds is 6. The van der Waals surface area contributed by atoms with Gasteiger partial charge in [0.25, 0.3) is 0 Å². The van der Waals surface area contributed by atoms with Gasteiger partial charge in [-0.15, -0.1) is 11.8 Å². The van der Waals surface area contributed by atoms with E-state index >= 15 is 0 Å². The van der Waals surface area contributed by atoms with Gasteiger partial charge in [-0.2, -0.15) is 0 Å². The van der Waals surface area contributed by atoms with Crippen LogP contribution in [0, 0.1) is 6.92 Å². The molecule has 2 aromatic rings. The number of hydrogen-bond acceptors (Lipinski definition) is 4. The first-order valence-electron chi connectivity index (χ1n) is 6.72. The molecule has 2 N–H and O–H groups in total. The topological polar surface area (TPSA) is 60.2 Å². The first kappa shape index (κ1) is 16.1. The van der Waals surface area contributed by atoms with Gasteiger partial charge in [0.05, 0.1) is 10.6 Å². The number of nitrogens with two attached hydrogens (primary N) is 1. The van der Waals surface area contributed by atoms with Crippen molar-refractivity contribution < 1.29 is 8.42 Å². The van der Waals surface area contributed by atoms with E-state index in [0.717, 1.165) is 10.5 Å². The largest absolute Gasteiger partial charge is 0.326 e. The standard InChI is InChI=1S/C16H19NO2S2/c1-13-3-2-4-15(11-13)20-9-10-21(18,19)16-7-5-14(12-17)6-8-16/h2-8,11H,9-10,12,17H2,1H3. The van der Waals surface area contributed by atoms with Crippen LogP contribution in [0.25, 0.3) is 0 Å². The third-order valence-corrected chi connectivity index (χ3v) is 6.11. The van der Waals surface area contributed by atoms with Gasteiger partial charge in [0.1, 0.15) is 0 Å². The number of benzene rings is 2. The highest BCUT2D eigenvalue weighted by Crippen LogP contribution is 2.21. The lowest BCUT2D eigenvalue weighted by Gasteiger charge is -2.06. The fourth-order valence-corrected chi connectivity index (χ4v) is 4.60. The lowest BCUT2D eigenvalue weighted by Crippen LogP contribution is -2.09. The second-order valence-corrected chi connectivity index (χ2v) is 8.11. The van der Waals surface area contributed by atoms with Gasteiger partial charge in [-0.25, -0.2) is 8.42 Å². The summed E-state index contributed by atoms with van der Waals surface area (Å²) in [5, 5.41) is 0. The molecule has 0 saturated heterocycles. The van der Waals surface area contributed by atoms with Crippen LogP contribution in [0.1, 0.15) is 11.1 Å². The second kappa shape index (κ2) is 7.11. The molecule has 0 fully saturated rings. The molecule has 0 spiro atoms. The Morgan fingerprint density at radius 1 is 1.10 bits per heavy atom. The zero-order valence-electron chi connectivity index (χ0n) is 12.0. The molecule has 0 unspecified atom stereocenters. The fraction of sp³-hybridized carbons (Fsp3) is 0.250. The summed E-state index contributed by atoms with van der Waals surface area (Å²) in [6.45, 7) is 2.45. The number of thioether (sulfide) groups is 1. The van der Waals surface area contributed by atoms with Gasteiger partial charge in [0.15, 0.2) is 9.84 Å². The smallest absolute Gasteiger partial charge is 0.179 e. The van der Waals surface area contributed by atoms with Crippen molar-refractivity contribution in [2.24, 2.45) is 5.73 Å². The van der Waals surface area contributed by atoms with Crippen molar-refractivity contribution in [2.75, 3.05) is 11.5 Å². The third kappa shape index (κ3) is 4.59. The quantitative estimate of drug-likeness (QED) is 0.831. The lowest BCUT2D eigenvalue weighted by molar-refractivity contribution is 0.597. The molecule has 0 aliphatic rings. The van der Waals surface area contributed by atoms with Crippen LogP contribution in [0.15, 0.2) is 58.3 Å². The van der Waals surface area contributed by atoms with Gasteiger partial charge < -0.3 is 5.73 Å². The zero-order valence-corrected chi connectivity index (χ0v) is 13.6. The van der Waals surface area contributed by atoms with Crippen LogP contribution < -0.4 is 5.73 Å². The highest BCUT2D eigenvalue weighted by molar-refractivity contribution is 8.00. The van der Waals surface area contributed by atoms with E-state index in [4.69, 9.17) is 5.73 Å². The van der Waals surface area contributed by atoms with E-state index in [2.05, 4.69) is 6.07 Å². The summed E-state index contributed by atoms with van der Waals surface area (Å²) in [4.78, 5) is 1.47. The Morgan fingerprint density at radius 3 is 2.43 bits per heavy atom. The van der Waals surface area contributed by atoms with Gasteiger partial charge in [-0.05, 0) is 36.8 Å². The van der Waals surface area contributed by atoms with Crippen LogP contribution in [-0.2, 0) is 16.4 Å². The van der Waals surface area contributed by atoms with Crippen LogP contribution >= 0.6 is 11.8 Å². The third-order valence-electron chi connectivity index (χ3n) is 3.13. The fourth-order valence-electron chi connectivity index (χ4n) is 1.93. The van der Waals surface area contributed by atoms with Crippen molar-refractivity contribution in [2.45, 2.75) is 23.3 Å². The van der Waals surface area contributed by atoms with Crippen molar-refractivity contribution in [1.29, 1.82) is 0 Å². The molecule has 0 bridgehead atoms. The Labute approximate surface area is 130 Å². The summed E-state index contributed by atoms with van der Waals surface area (Å²) in [6, 6.07) is 14.9. The highest BCUT2D eigenvalue weighted by atomic mass is 32.2. The maximum Gasteiger partial charge on any atom is 0.179 e. The monoisotopic (exact) mass is 321 g/mol. The molecule has 0 aliphatic carbocycles. The van der Waals surface area contributed by atoms with Crippen molar-refractivity contribution in [3.8, 4) is 0 Å². The minimum Gasteiger partial charge on any atom is -0.326 e. The van der Waals surface area contributed by atoms with Crippen LogP contribution in [0.4, 0.5) is 0 Å². The predicted molar refractivity (Wildman–Crippen MR) is 88.3 cm³/mol. The van der Waals surface area contributed by atoms with E-state index in [9.17, 15) is 8.42 Å². The van der Waals surface area contributed by atoms with Crippen LogP contribution in [0.3, 0.4) is 0 Å². The molecule has 2 aromatic carbocycles. The lowest BCUT2D eigenvalue weighted by atomic mass is 10.2. The van der Waals surface area contributed by atoms with Crippen LogP contribution in [-0.4, -0.2) is 19.9 Å².